The van der Waals surface area contributed by atoms with E-state index in [-0.39, 0.29) is 18.4 Å². The second-order valence-corrected chi connectivity index (χ2v) is 8.88. The zero-order chi connectivity index (χ0) is 22.2. The Bertz CT molecular complexity index is 749. The number of piperidine rings is 1. The van der Waals surface area contributed by atoms with E-state index in [4.69, 9.17) is 4.74 Å². The number of anilines is 1. The van der Waals surface area contributed by atoms with Crippen molar-refractivity contribution in [1.82, 2.24) is 20.0 Å². The molecule has 2 fully saturated rings. The lowest BCUT2D eigenvalue weighted by atomic mass is 9.97. The number of carbonyl (C=O) groups is 2. The average Bonchev–Trinajstić information content (AvgIpc) is 2.74. The first-order valence-electron chi connectivity index (χ1n) is 11.3. The molecule has 8 nitrogen and oxygen atoms in total. The standard InChI is InChI=1S/C23H37N5O3/c1-18-6-7-21(31-3)20(13-18)25-22(29)14-24-23(30)17-28-8-4-5-19(16-28)15-27-11-9-26(2)10-12-27/h6-7,13,19H,4-5,8-12,14-17H2,1-3H3,(H,24,30)(H,25,29)/t19-/m1/s1. The van der Waals surface area contributed by atoms with Crippen molar-refractivity contribution in [3.8, 4) is 5.75 Å². The van der Waals surface area contributed by atoms with Crippen molar-refractivity contribution in [3.63, 3.8) is 0 Å². The number of carbonyl (C=O) groups excluding carboxylic acids is 2. The van der Waals surface area contributed by atoms with E-state index in [2.05, 4.69) is 32.4 Å². The van der Waals surface area contributed by atoms with Gasteiger partial charge in [0.1, 0.15) is 5.75 Å². The highest BCUT2D eigenvalue weighted by molar-refractivity contribution is 5.96. The Morgan fingerprint density at radius 3 is 2.61 bits per heavy atom. The third-order valence-corrected chi connectivity index (χ3v) is 6.16. The molecule has 31 heavy (non-hydrogen) atoms. The third kappa shape index (κ3) is 7.48. The number of amides is 2. The highest BCUT2D eigenvalue weighted by Gasteiger charge is 2.25. The molecule has 3 rings (SSSR count). The Hall–Kier alpha value is -2.16. The van der Waals surface area contributed by atoms with Gasteiger partial charge in [-0.3, -0.25) is 14.5 Å². The first-order valence-corrected chi connectivity index (χ1v) is 11.3. The lowest BCUT2D eigenvalue weighted by Gasteiger charge is -2.38. The molecule has 0 spiro atoms. The van der Waals surface area contributed by atoms with Crippen molar-refractivity contribution in [1.29, 1.82) is 0 Å². The first-order chi connectivity index (χ1) is 14.9. The number of hydrogen-bond acceptors (Lipinski definition) is 6. The third-order valence-electron chi connectivity index (χ3n) is 6.16. The summed E-state index contributed by atoms with van der Waals surface area (Å²) in [6.45, 7) is 9.80. The summed E-state index contributed by atoms with van der Waals surface area (Å²) in [5.74, 6) is 0.850. The van der Waals surface area contributed by atoms with E-state index in [1.807, 2.05) is 25.1 Å². The van der Waals surface area contributed by atoms with Crippen LogP contribution in [0.4, 0.5) is 5.69 Å². The fourth-order valence-corrected chi connectivity index (χ4v) is 4.39. The number of likely N-dealkylation sites (N-methyl/N-ethyl adjacent to an activating group) is 1. The molecule has 8 heteroatoms. The lowest BCUT2D eigenvalue weighted by molar-refractivity contribution is -0.125. The minimum absolute atomic E-state index is 0.0471. The molecule has 0 aromatic heterocycles. The van der Waals surface area contributed by atoms with Crippen molar-refractivity contribution in [2.24, 2.45) is 5.92 Å². The molecule has 0 saturated carbocycles. The fourth-order valence-electron chi connectivity index (χ4n) is 4.39. The topological polar surface area (TPSA) is 77.1 Å². The first kappa shape index (κ1) is 23.5. The van der Waals surface area contributed by atoms with Crippen molar-refractivity contribution in [2.45, 2.75) is 19.8 Å². The molecule has 0 radical (unpaired) electrons. The summed E-state index contributed by atoms with van der Waals surface area (Å²) in [5.41, 5.74) is 1.64. The molecule has 1 aromatic carbocycles. The molecule has 1 atom stereocenters. The van der Waals surface area contributed by atoms with Gasteiger partial charge in [-0.1, -0.05) is 6.07 Å². The number of ether oxygens (including phenoxy) is 1. The molecule has 2 heterocycles. The number of benzene rings is 1. The molecule has 2 saturated heterocycles. The predicted octanol–water partition coefficient (Wildman–Crippen LogP) is 1.02. The quantitative estimate of drug-likeness (QED) is 0.640. The van der Waals surface area contributed by atoms with Gasteiger partial charge in [0, 0.05) is 39.3 Å². The maximum absolute atomic E-state index is 12.4. The van der Waals surface area contributed by atoms with Gasteiger partial charge in [-0.2, -0.15) is 0 Å². The van der Waals surface area contributed by atoms with Crippen LogP contribution < -0.4 is 15.4 Å². The summed E-state index contributed by atoms with van der Waals surface area (Å²) in [7, 11) is 3.74. The number of aryl methyl sites for hydroxylation is 1. The molecule has 2 aliphatic heterocycles. The zero-order valence-corrected chi connectivity index (χ0v) is 19.2. The Morgan fingerprint density at radius 2 is 1.87 bits per heavy atom. The van der Waals surface area contributed by atoms with E-state index < -0.39 is 0 Å². The minimum atomic E-state index is -0.260. The van der Waals surface area contributed by atoms with Gasteiger partial charge in [0.2, 0.25) is 11.8 Å². The molecule has 0 aliphatic carbocycles. The summed E-state index contributed by atoms with van der Waals surface area (Å²) in [4.78, 5) is 31.8. The van der Waals surface area contributed by atoms with Crippen LogP contribution in [-0.2, 0) is 9.59 Å². The summed E-state index contributed by atoms with van der Waals surface area (Å²) in [6, 6.07) is 5.59. The smallest absolute Gasteiger partial charge is 0.243 e. The number of methoxy groups -OCH3 is 1. The van der Waals surface area contributed by atoms with Gasteiger partial charge in [-0.15, -0.1) is 0 Å². The number of hydrogen-bond donors (Lipinski definition) is 2. The van der Waals surface area contributed by atoms with Crippen LogP contribution in [0, 0.1) is 12.8 Å². The number of nitrogens with one attached hydrogen (secondary N) is 2. The van der Waals surface area contributed by atoms with Crippen LogP contribution in [0.3, 0.4) is 0 Å². The van der Waals surface area contributed by atoms with Crippen LogP contribution >= 0.6 is 0 Å². The Labute approximate surface area is 185 Å². The minimum Gasteiger partial charge on any atom is -0.495 e. The van der Waals surface area contributed by atoms with Crippen LogP contribution in [0.1, 0.15) is 18.4 Å². The van der Waals surface area contributed by atoms with Crippen LogP contribution in [0.5, 0.6) is 5.75 Å². The lowest BCUT2D eigenvalue weighted by Crippen LogP contribution is -2.49. The summed E-state index contributed by atoms with van der Waals surface area (Å²) in [6.07, 6.45) is 2.35. The van der Waals surface area contributed by atoms with Crippen molar-refractivity contribution >= 4 is 17.5 Å². The zero-order valence-electron chi connectivity index (χ0n) is 19.2. The van der Waals surface area contributed by atoms with Gasteiger partial charge >= 0.3 is 0 Å². The van der Waals surface area contributed by atoms with Crippen LogP contribution in [0.15, 0.2) is 18.2 Å². The second kappa shape index (κ2) is 11.5. The number of rotatable bonds is 8. The summed E-state index contributed by atoms with van der Waals surface area (Å²) in [5, 5.41) is 5.57. The van der Waals surface area contributed by atoms with E-state index in [0.29, 0.717) is 23.9 Å². The van der Waals surface area contributed by atoms with E-state index in [1.54, 1.807) is 7.11 Å². The molecule has 2 amide bonds. The number of nitrogens with zero attached hydrogens (tertiary/aromatic N) is 3. The molecule has 172 valence electrons. The van der Waals surface area contributed by atoms with Gasteiger partial charge < -0.3 is 25.2 Å². The molecular weight excluding hydrogens is 394 g/mol. The normalized spacial score (nSPS) is 20.9. The van der Waals surface area contributed by atoms with E-state index in [9.17, 15) is 9.59 Å². The van der Waals surface area contributed by atoms with E-state index in [1.165, 1.54) is 6.42 Å². The second-order valence-electron chi connectivity index (χ2n) is 8.88. The SMILES string of the molecule is COc1ccc(C)cc1NC(=O)CNC(=O)CN1CCC[C@H](CN2CCN(C)CC2)C1. The Kier molecular flexibility index (Phi) is 8.69. The van der Waals surface area contributed by atoms with Crippen LogP contribution in [0.25, 0.3) is 0 Å². The van der Waals surface area contributed by atoms with E-state index >= 15 is 0 Å². The summed E-state index contributed by atoms with van der Waals surface area (Å²) >= 11 is 0. The molecular formula is C23H37N5O3. The Balaban J connectivity index is 1.39. The van der Waals surface area contributed by atoms with Crippen molar-refractivity contribution in [3.05, 3.63) is 23.8 Å². The monoisotopic (exact) mass is 431 g/mol. The van der Waals surface area contributed by atoms with Gasteiger partial charge in [0.25, 0.3) is 0 Å². The Morgan fingerprint density at radius 1 is 1.10 bits per heavy atom. The van der Waals surface area contributed by atoms with Crippen LogP contribution in [0.2, 0.25) is 0 Å². The van der Waals surface area contributed by atoms with Gasteiger partial charge in [-0.25, -0.2) is 0 Å². The largest absolute Gasteiger partial charge is 0.495 e. The highest BCUT2D eigenvalue weighted by atomic mass is 16.5. The van der Waals surface area contributed by atoms with E-state index in [0.717, 1.165) is 57.8 Å². The molecule has 1 aromatic rings. The fraction of sp³-hybridized carbons (Fsp3) is 0.652. The number of likely N-dealkylation sites (tertiary alicyclic amines) is 1. The maximum Gasteiger partial charge on any atom is 0.243 e. The van der Waals surface area contributed by atoms with Gasteiger partial charge in [0.05, 0.1) is 25.9 Å². The van der Waals surface area contributed by atoms with Crippen molar-refractivity contribution in [2.75, 3.05) is 78.4 Å². The number of piperazine rings is 1. The molecule has 2 N–H and O–H groups in total. The molecule has 0 bridgehead atoms. The van der Waals surface area contributed by atoms with Gasteiger partial charge in [-0.05, 0) is 57.0 Å². The average molecular weight is 432 g/mol. The maximum atomic E-state index is 12.4. The van der Waals surface area contributed by atoms with Crippen LogP contribution in [-0.4, -0.2) is 99.6 Å². The van der Waals surface area contributed by atoms with Gasteiger partial charge in [0.15, 0.2) is 0 Å². The summed E-state index contributed by atoms with van der Waals surface area (Å²) < 4.78 is 5.28. The highest BCUT2D eigenvalue weighted by Crippen LogP contribution is 2.25. The molecule has 0 unspecified atom stereocenters. The van der Waals surface area contributed by atoms with Crippen molar-refractivity contribution < 1.29 is 14.3 Å². The predicted molar refractivity (Wildman–Crippen MR) is 122 cm³/mol. The molecule has 2 aliphatic rings.